The van der Waals surface area contributed by atoms with E-state index in [4.69, 9.17) is 0 Å². The molecule has 2 heterocycles. The van der Waals surface area contributed by atoms with Gasteiger partial charge in [0.1, 0.15) is 11.6 Å². The van der Waals surface area contributed by atoms with E-state index in [9.17, 15) is 0 Å². The minimum atomic E-state index is 0.122. The minimum absolute atomic E-state index is 0.122. The molecule has 2 aliphatic rings. The van der Waals surface area contributed by atoms with E-state index in [1.807, 2.05) is 0 Å². The first-order valence-corrected chi connectivity index (χ1v) is 9.69. The summed E-state index contributed by atoms with van der Waals surface area (Å²) in [4.78, 5) is 0. The number of rotatable bonds is 3. The van der Waals surface area contributed by atoms with Gasteiger partial charge in [-0.3, -0.25) is 0 Å². The third-order valence-corrected chi connectivity index (χ3v) is 7.17. The molecule has 2 aromatic rings. The third-order valence-electron chi connectivity index (χ3n) is 5.65. The van der Waals surface area contributed by atoms with E-state index in [0.717, 1.165) is 18.7 Å². The van der Waals surface area contributed by atoms with Gasteiger partial charge in [-0.2, -0.15) is 11.8 Å². The summed E-state index contributed by atoms with van der Waals surface area (Å²) in [7, 11) is 0. The molecule has 1 aromatic carbocycles. The maximum Gasteiger partial charge on any atom is 0.143 e. The van der Waals surface area contributed by atoms with Crippen molar-refractivity contribution in [3.63, 3.8) is 0 Å². The van der Waals surface area contributed by atoms with Crippen molar-refractivity contribution in [3.8, 4) is 0 Å². The zero-order valence-corrected chi connectivity index (χ0v) is 15.1. The van der Waals surface area contributed by atoms with Crippen molar-refractivity contribution in [2.24, 2.45) is 0 Å². The zero-order chi connectivity index (χ0) is 16.1. The lowest BCUT2D eigenvalue weighted by atomic mass is 9.94. The number of nitrogens with zero attached hydrogens (tertiary/aromatic N) is 3. The predicted molar refractivity (Wildman–Crippen MR) is 96.1 cm³/mol. The van der Waals surface area contributed by atoms with Crippen LogP contribution in [0.2, 0.25) is 0 Å². The van der Waals surface area contributed by atoms with Crippen LogP contribution in [-0.2, 0) is 18.4 Å². The standard InChI is InChI=1S/C19H25N3S/c1-4-18(3)13-16-20-21-17(22(16)11-12-23-18)19(9-10-19)15-7-5-14(2)6-8-15/h5-8H,4,9-13H2,1-3H3. The summed E-state index contributed by atoms with van der Waals surface area (Å²) in [5.74, 6) is 3.55. The Morgan fingerprint density at radius 2 is 1.91 bits per heavy atom. The van der Waals surface area contributed by atoms with Crippen LogP contribution < -0.4 is 0 Å². The number of aromatic nitrogens is 3. The number of aryl methyl sites for hydroxylation is 1. The minimum Gasteiger partial charge on any atom is -0.313 e. The molecule has 3 nitrogen and oxygen atoms in total. The van der Waals surface area contributed by atoms with Gasteiger partial charge in [0.15, 0.2) is 0 Å². The molecule has 1 aliphatic heterocycles. The summed E-state index contributed by atoms with van der Waals surface area (Å²) >= 11 is 2.10. The molecule has 4 rings (SSSR count). The van der Waals surface area contributed by atoms with Crippen LogP contribution in [0.1, 0.15) is 55.9 Å². The fourth-order valence-corrected chi connectivity index (χ4v) is 4.89. The Labute approximate surface area is 142 Å². The van der Waals surface area contributed by atoms with Gasteiger partial charge in [-0.15, -0.1) is 10.2 Å². The van der Waals surface area contributed by atoms with E-state index in [2.05, 4.69) is 71.6 Å². The van der Waals surface area contributed by atoms with E-state index in [1.165, 1.54) is 42.0 Å². The van der Waals surface area contributed by atoms with Crippen molar-refractivity contribution in [2.45, 2.75) is 63.2 Å². The first-order chi connectivity index (χ1) is 11.1. The molecule has 1 fully saturated rings. The summed E-state index contributed by atoms with van der Waals surface area (Å²) in [6.45, 7) is 7.85. The van der Waals surface area contributed by atoms with Gasteiger partial charge in [-0.1, -0.05) is 43.7 Å². The Bertz CT molecular complexity index is 715. The molecule has 1 aliphatic carbocycles. The highest BCUT2D eigenvalue weighted by Crippen LogP contribution is 2.53. The molecule has 1 unspecified atom stereocenters. The van der Waals surface area contributed by atoms with Gasteiger partial charge < -0.3 is 4.57 Å². The first kappa shape index (κ1) is 15.3. The SMILES string of the molecule is CCC1(C)Cc2nnc(C3(c4ccc(C)cc4)CC3)n2CCS1. The second kappa shape index (κ2) is 5.37. The average Bonchev–Trinajstić information content (AvgIpc) is 3.29. The lowest BCUT2D eigenvalue weighted by Crippen LogP contribution is -2.22. The van der Waals surface area contributed by atoms with Crippen molar-refractivity contribution < 1.29 is 0 Å². The van der Waals surface area contributed by atoms with Crippen LogP contribution in [0.25, 0.3) is 0 Å². The Morgan fingerprint density at radius 3 is 2.57 bits per heavy atom. The summed E-state index contributed by atoms with van der Waals surface area (Å²) < 4.78 is 2.74. The molecule has 0 amide bonds. The van der Waals surface area contributed by atoms with Crippen LogP contribution >= 0.6 is 11.8 Å². The molecule has 1 aromatic heterocycles. The Morgan fingerprint density at radius 1 is 1.17 bits per heavy atom. The van der Waals surface area contributed by atoms with Gasteiger partial charge >= 0.3 is 0 Å². The lowest BCUT2D eigenvalue weighted by Gasteiger charge is -2.24. The molecule has 0 radical (unpaired) electrons. The highest BCUT2D eigenvalue weighted by Gasteiger charge is 2.50. The van der Waals surface area contributed by atoms with E-state index in [1.54, 1.807) is 0 Å². The third kappa shape index (κ3) is 2.51. The maximum atomic E-state index is 4.68. The van der Waals surface area contributed by atoms with Gasteiger partial charge in [-0.25, -0.2) is 0 Å². The fourth-order valence-electron chi connectivity index (χ4n) is 3.69. The van der Waals surface area contributed by atoms with Crippen LogP contribution in [0.4, 0.5) is 0 Å². The van der Waals surface area contributed by atoms with Crippen LogP contribution in [0.15, 0.2) is 24.3 Å². The molecule has 4 heteroatoms. The highest BCUT2D eigenvalue weighted by molar-refractivity contribution is 8.00. The highest BCUT2D eigenvalue weighted by atomic mass is 32.2. The molecular formula is C19H25N3S. The van der Waals surface area contributed by atoms with Crippen LogP contribution in [-0.4, -0.2) is 25.3 Å². The van der Waals surface area contributed by atoms with E-state index < -0.39 is 0 Å². The zero-order valence-electron chi connectivity index (χ0n) is 14.3. The molecular weight excluding hydrogens is 302 g/mol. The van der Waals surface area contributed by atoms with Crippen molar-refractivity contribution >= 4 is 11.8 Å². The van der Waals surface area contributed by atoms with Gasteiger partial charge in [0.25, 0.3) is 0 Å². The van der Waals surface area contributed by atoms with Crippen LogP contribution in [0.5, 0.6) is 0 Å². The van der Waals surface area contributed by atoms with Crippen LogP contribution in [0, 0.1) is 6.92 Å². The van der Waals surface area contributed by atoms with Crippen molar-refractivity contribution in [3.05, 3.63) is 47.0 Å². The average molecular weight is 327 g/mol. The van der Waals surface area contributed by atoms with E-state index >= 15 is 0 Å². The molecule has 1 atom stereocenters. The number of fused-ring (bicyclic) bond motifs is 1. The van der Waals surface area contributed by atoms with Crippen molar-refractivity contribution in [1.82, 2.24) is 14.8 Å². The molecule has 122 valence electrons. The molecule has 0 spiro atoms. The second-order valence-corrected chi connectivity index (χ2v) is 9.05. The summed E-state index contributed by atoms with van der Waals surface area (Å²) in [6, 6.07) is 9.01. The van der Waals surface area contributed by atoms with Crippen molar-refractivity contribution in [2.75, 3.05) is 5.75 Å². The number of hydrogen-bond donors (Lipinski definition) is 0. The van der Waals surface area contributed by atoms with Gasteiger partial charge in [0, 0.05) is 23.5 Å². The van der Waals surface area contributed by atoms with E-state index in [0.29, 0.717) is 4.75 Å². The quantitative estimate of drug-likeness (QED) is 0.849. The second-order valence-electron chi connectivity index (χ2n) is 7.37. The van der Waals surface area contributed by atoms with Gasteiger partial charge in [-0.05, 0) is 31.7 Å². The van der Waals surface area contributed by atoms with Crippen molar-refractivity contribution in [1.29, 1.82) is 0 Å². The maximum absolute atomic E-state index is 4.68. The topological polar surface area (TPSA) is 30.7 Å². The smallest absolute Gasteiger partial charge is 0.143 e. The summed E-state index contributed by atoms with van der Waals surface area (Å²) in [6.07, 6.45) is 4.62. The molecule has 0 bridgehead atoms. The Kier molecular flexibility index (Phi) is 3.56. The van der Waals surface area contributed by atoms with Gasteiger partial charge in [0.05, 0.1) is 5.41 Å². The number of benzene rings is 1. The number of hydrogen-bond acceptors (Lipinski definition) is 3. The largest absolute Gasteiger partial charge is 0.313 e. The summed E-state index contributed by atoms with van der Waals surface area (Å²) in [5, 5.41) is 9.29. The van der Waals surface area contributed by atoms with Crippen LogP contribution in [0.3, 0.4) is 0 Å². The Hall–Kier alpha value is -1.29. The number of thioether (sulfide) groups is 1. The van der Waals surface area contributed by atoms with E-state index in [-0.39, 0.29) is 5.41 Å². The normalized spacial score (nSPS) is 25.7. The predicted octanol–water partition coefficient (Wildman–Crippen LogP) is 4.12. The molecule has 23 heavy (non-hydrogen) atoms. The lowest BCUT2D eigenvalue weighted by molar-refractivity contribution is 0.574. The Balaban J connectivity index is 1.73. The fraction of sp³-hybridized carbons (Fsp3) is 0.579. The summed E-state index contributed by atoms with van der Waals surface area (Å²) in [5.41, 5.74) is 2.85. The molecule has 0 N–H and O–H groups in total. The molecule has 1 saturated carbocycles. The van der Waals surface area contributed by atoms with Gasteiger partial charge in [0.2, 0.25) is 0 Å². The first-order valence-electron chi connectivity index (χ1n) is 8.70. The monoisotopic (exact) mass is 327 g/mol. The molecule has 0 saturated heterocycles.